The van der Waals surface area contributed by atoms with Crippen molar-refractivity contribution in [3.8, 4) is 5.75 Å². The molecule has 0 atom stereocenters. The molecule has 5 nitrogen and oxygen atoms in total. The third-order valence-electron chi connectivity index (χ3n) is 2.89. The van der Waals surface area contributed by atoms with Gasteiger partial charge in [0.1, 0.15) is 11.3 Å². The fourth-order valence-corrected chi connectivity index (χ4v) is 2.60. The van der Waals surface area contributed by atoms with Crippen molar-refractivity contribution in [2.75, 3.05) is 11.9 Å². The molecule has 0 bridgehead atoms. The van der Waals surface area contributed by atoms with E-state index in [4.69, 9.17) is 16.3 Å². The van der Waals surface area contributed by atoms with Crippen LogP contribution in [0.15, 0.2) is 47.4 Å². The SMILES string of the molecule is O=C(COC(=O)c1ccc(Cl)cc1O)Nc1ccccc1SC(F)F. The number of amides is 1. The van der Waals surface area contributed by atoms with Gasteiger partial charge in [0.15, 0.2) is 6.61 Å². The average Bonchev–Trinajstić information content (AvgIpc) is 2.54. The Balaban J connectivity index is 1.96. The van der Waals surface area contributed by atoms with Crippen LogP contribution < -0.4 is 5.32 Å². The zero-order valence-electron chi connectivity index (χ0n) is 12.5. The number of phenolic OH excluding ortho intramolecular Hbond substituents is 1. The van der Waals surface area contributed by atoms with Crippen molar-refractivity contribution in [1.29, 1.82) is 0 Å². The number of rotatable bonds is 6. The van der Waals surface area contributed by atoms with Crippen molar-refractivity contribution < 1.29 is 28.2 Å². The smallest absolute Gasteiger partial charge is 0.342 e. The number of halogens is 3. The zero-order valence-corrected chi connectivity index (χ0v) is 14.1. The van der Waals surface area contributed by atoms with E-state index in [2.05, 4.69) is 5.32 Å². The van der Waals surface area contributed by atoms with Crippen LogP contribution in [0.4, 0.5) is 14.5 Å². The summed E-state index contributed by atoms with van der Waals surface area (Å²) in [6.45, 7) is -0.644. The maximum Gasteiger partial charge on any atom is 0.342 e. The number of ether oxygens (including phenoxy) is 1. The number of aromatic hydroxyl groups is 1. The Kier molecular flexibility index (Phi) is 6.60. The third-order valence-corrected chi connectivity index (χ3v) is 3.91. The number of carbonyl (C=O) groups excluding carboxylic acids is 2. The molecule has 0 fully saturated rings. The number of thioether (sulfide) groups is 1. The van der Waals surface area contributed by atoms with Gasteiger partial charge >= 0.3 is 5.97 Å². The van der Waals surface area contributed by atoms with Crippen molar-refractivity contribution in [1.82, 2.24) is 0 Å². The largest absolute Gasteiger partial charge is 0.507 e. The molecule has 0 radical (unpaired) electrons. The van der Waals surface area contributed by atoms with Crippen molar-refractivity contribution in [3.63, 3.8) is 0 Å². The quantitative estimate of drug-likeness (QED) is 0.575. The van der Waals surface area contributed by atoms with Gasteiger partial charge < -0.3 is 15.2 Å². The van der Waals surface area contributed by atoms with Gasteiger partial charge in [-0.3, -0.25) is 4.79 Å². The predicted octanol–water partition coefficient (Wildman–Crippen LogP) is 4.16. The number of phenols is 1. The molecule has 2 aromatic carbocycles. The molecule has 0 aliphatic rings. The molecule has 0 aliphatic carbocycles. The molecule has 0 unspecified atom stereocenters. The van der Waals surface area contributed by atoms with Gasteiger partial charge in [0, 0.05) is 9.92 Å². The summed E-state index contributed by atoms with van der Waals surface area (Å²) in [5.74, 6) is -4.64. The molecular weight excluding hydrogens is 376 g/mol. The minimum Gasteiger partial charge on any atom is -0.507 e. The summed E-state index contributed by atoms with van der Waals surface area (Å²) in [7, 11) is 0. The molecule has 0 saturated heterocycles. The molecule has 0 heterocycles. The monoisotopic (exact) mass is 387 g/mol. The number of carbonyl (C=O) groups is 2. The first-order chi connectivity index (χ1) is 11.9. The van der Waals surface area contributed by atoms with Gasteiger partial charge in [0.2, 0.25) is 0 Å². The van der Waals surface area contributed by atoms with Gasteiger partial charge in [0.05, 0.1) is 5.69 Å². The molecule has 9 heteroatoms. The van der Waals surface area contributed by atoms with Gasteiger partial charge in [-0.2, -0.15) is 8.78 Å². The van der Waals surface area contributed by atoms with Crippen molar-refractivity contribution >= 4 is 40.9 Å². The molecule has 0 aromatic heterocycles. The van der Waals surface area contributed by atoms with Crippen molar-refractivity contribution in [3.05, 3.63) is 53.1 Å². The lowest BCUT2D eigenvalue weighted by Crippen LogP contribution is -2.21. The fraction of sp³-hybridized carbons (Fsp3) is 0.125. The second-order valence-electron chi connectivity index (χ2n) is 4.66. The summed E-state index contributed by atoms with van der Waals surface area (Å²) in [4.78, 5) is 23.9. The highest BCUT2D eigenvalue weighted by Crippen LogP contribution is 2.31. The molecule has 0 spiro atoms. The van der Waals surface area contributed by atoms with Crippen LogP contribution in [0.2, 0.25) is 5.02 Å². The number of para-hydroxylation sites is 1. The molecule has 1 amide bonds. The lowest BCUT2D eigenvalue weighted by Gasteiger charge is -2.11. The third kappa shape index (κ3) is 5.61. The standard InChI is InChI=1S/C16H12ClF2NO4S/c17-9-5-6-10(12(21)7-9)15(23)24-8-14(22)20-11-3-1-2-4-13(11)25-16(18)19/h1-7,16,21H,8H2,(H,20,22). The molecule has 2 rings (SSSR count). The highest BCUT2D eigenvalue weighted by Gasteiger charge is 2.16. The number of nitrogens with one attached hydrogen (secondary N) is 1. The Morgan fingerprint density at radius 2 is 1.96 bits per heavy atom. The number of hydrogen-bond acceptors (Lipinski definition) is 5. The first-order valence-corrected chi connectivity index (χ1v) is 8.12. The van der Waals surface area contributed by atoms with Gasteiger partial charge in [-0.25, -0.2) is 4.79 Å². The Labute approximate surface area is 150 Å². The van der Waals surface area contributed by atoms with Gasteiger partial charge in [-0.15, -0.1) is 0 Å². The summed E-state index contributed by atoms with van der Waals surface area (Å²) in [5.41, 5.74) is 0.0362. The van der Waals surface area contributed by atoms with Crippen molar-refractivity contribution in [2.24, 2.45) is 0 Å². The van der Waals surface area contributed by atoms with Gasteiger partial charge in [0.25, 0.3) is 11.7 Å². The van der Waals surface area contributed by atoms with Crippen LogP contribution in [0.5, 0.6) is 5.75 Å². The molecule has 25 heavy (non-hydrogen) atoms. The number of alkyl halides is 2. The van der Waals surface area contributed by atoms with E-state index in [1.807, 2.05) is 0 Å². The minimum absolute atomic E-state index is 0.147. The van der Waals surface area contributed by atoms with E-state index in [9.17, 15) is 23.5 Å². The summed E-state index contributed by atoms with van der Waals surface area (Å²) in [6, 6.07) is 9.82. The summed E-state index contributed by atoms with van der Waals surface area (Å²) in [5, 5.41) is 12.3. The number of anilines is 1. The van der Waals surface area contributed by atoms with E-state index in [0.717, 1.165) is 6.07 Å². The van der Waals surface area contributed by atoms with Crippen LogP contribution in [-0.4, -0.2) is 29.3 Å². The molecular formula is C16H12ClF2NO4S. The van der Waals surface area contributed by atoms with Crippen LogP contribution in [0.3, 0.4) is 0 Å². The van der Waals surface area contributed by atoms with E-state index in [1.165, 1.54) is 24.3 Å². The highest BCUT2D eigenvalue weighted by molar-refractivity contribution is 7.99. The van der Waals surface area contributed by atoms with E-state index in [0.29, 0.717) is 11.8 Å². The van der Waals surface area contributed by atoms with Crippen LogP contribution in [0, 0.1) is 0 Å². The van der Waals surface area contributed by atoms with E-state index >= 15 is 0 Å². The number of benzene rings is 2. The fourth-order valence-electron chi connectivity index (χ4n) is 1.84. The second-order valence-corrected chi connectivity index (χ2v) is 6.13. The minimum atomic E-state index is -2.64. The lowest BCUT2D eigenvalue weighted by molar-refractivity contribution is -0.119. The van der Waals surface area contributed by atoms with Gasteiger partial charge in [-0.1, -0.05) is 35.5 Å². The van der Waals surface area contributed by atoms with E-state index in [-0.39, 0.29) is 26.9 Å². The summed E-state index contributed by atoms with van der Waals surface area (Å²) in [6.07, 6.45) is 0. The van der Waals surface area contributed by atoms with Crippen LogP contribution in [0.25, 0.3) is 0 Å². The Morgan fingerprint density at radius 3 is 2.64 bits per heavy atom. The van der Waals surface area contributed by atoms with E-state index < -0.39 is 24.2 Å². The van der Waals surface area contributed by atoms with Gasteiger partial charge in [-0.05, 0) is 30.3 Å². The Bertz CT molecular complexity index is 788. The Hall–Kier alpha value is -2.32. The molecule has 2 aromatic rings. The number of hydrogen-bond donors (Lipinski definition) is 2. The molecule has 0 saturated carbocycles. The topological polar surface area (TPSA) is 75.6 Å². The summed E-state index contributed by atoms with van der Waals surface area (Å²) < 4.78 is 29.8. The lowest BCUT2D eigenvalue weighted by atomic mass is 10.2. The normalized spacial score (nSPS) is 10.6. The summed E-state index contributed by atoms with van der Waals surface area (Å²) >= 11 is 5.95. The first kappa shape index (κ1) is 19.0. The number of esters is 1. The highest BCUT2D eigenvalue weighted by atomic mass is 35.5. The predicted molar refractivity (Wildman–Crippen MR) is 90.3 cm³/mol. The average molecular weight is 388 g/mol. The molecule has 2 N–H and O–H groups in total. The molecule has 0 aliphatic heterocycles. The Morgan fingerprint density at radius 1 is 1.24 bits per heavy atom. The second kappa shape index (κ2) is 8.68. The molecule has 132 valence electrons. The van der Waals surface area contributed by atoms with Crippen LogP contribution in [-0.2, 0) is 9.53 Å². The maximum absolute atomic E-state index is 12.5. The van der Waals surface area contributed by atoms with Crippen LogP contribution in [0.1, 0.15) is 10.4 Å². The maximum atomic E-state index is 12.5. The van der Waals surface area contributed by atoms with Crippen molar-refractivity contribution in [2.45, 2.75) is 10.7 Å². The first-order valence-electron chi connectivity index (χ1n) is 6.86. The van der Waals surface area contributed by atoms with E-state index in [1.54, 1.807) is 12.1 Å². The zero-order chi connectivity index (χ0) is 18.4. The van der Waals surface area contributed by atoms with Crippen LogP contribution >= 0.6 is 23.4 Å².